The number of aromatic amines is 1. The van der Waals surface area contributed by atoms with E-state index in [1.807, 2.05) is 0 Å². The number of imidazole rings is 1. The van der Waals surface area contributed by atoms with Gasteiger partial charge in [0.05, 0.1) is 37.6 Å². The number of Topliss-reactive ketones (excluding diaryl/α,β-unsaturated/α-hetero) is 2. The molecule has 4 N–H and O–H groups in total. The summed E-state index contributed by atoms with van der Waals surface area (Å²) in [5.74, 6) is -3.15. The fourth-order valence-corrected chi connectivity index (χ4v) is 9.49. The minimum absolute atomic E-state index is 0.0167. The van der Waals surface area contributed by atoms with E-state index < -0.39 is 105 Å². The van der Waals surface area contributed by atoms with Gasteiger partial charge in [-0.05, 0) is 23.6 Å². The van der Waals surface area contributed by atoms with Crippen LogP contribution in [0.3, 0.4) is 0 Å². The zero-order chi connectivity index (χ0) is 40.4. The number of nitrogens with one attached hydrogen (secondary N) is 2. The van der Waals surface area contributed by atoms with Crippen molar-refractivity contribution in [1.82, 2.24) is 19.5 Å². The largest absolute Gasteiger partial charge is 0.365 e. The number of nitrogens with zero attached hydrogens (tertiary/aromatic N) is 5. The van der Waals surface area contributed by atoms with E-state index in [1.165, 1.54) is 6.21 Å². The number of carbonyl (C=O) groups excluding carboxylic acids is 3. The van der Waals surface area contributed by atoms with Crippen LogP contribution < -0.4 is 10.9 Å². The van der Waals surface area contributed by atoms with Crippen molar-refractivity contribution in [2.24, 2.45) is 21.8 Å². The Kier molecular flexibility index (Phi) is 11.6. The zero-order valence-electron chi connectivity index (χ0n) is 30.0. The molecule has 7 heterocycles. The highest BCUT2D eigenvalue weighted by Crippen LogP contribution is 2.55. The molecule has 5 aliphatic rings. The Balaban J connectivity index is 1.12. The monoisotopic (exact) mass is 863 g/mol. The van der Waals surface area contributed by atoms with Gasteiger partial charge in [-0.1, -0.05) is 27.7 Å². The van der Waals surface area contributed by atoms with Crippen molar-refractivity contribution in [2.75, 3.05) is 18.5 Å². The van der Waals surface area contributed by atoms with Crippen LogP contribution >= 0.6 is 13.4 Å². The van der Waals surface area contributed by atoms with Crippen LogP contribution in [0.5, 0.6) is 0 Å². The predicted octanol–water partition coefficient (Wildman–Crippen LogP) is 2.93. The van der Waals surface area contributed by atoms with E-state index >= 15 is 8.78 Å². The topological polar surface area (TPSA) is 247 Å². The van der Waals surface area contributed by atoms with E-state index in [0.717, 1.165) is 10.9 Å². The Morgan fingerprint density at radius 2 is 1.64 bits per heavy atom. The van der Waals surface area contributed by atoms with Crippen LogP contribution in [0, 0.1) is 11.8 Å². The van der Waals surface area contributed by atoms with E-state index in [2.05, 4.69) is 30.3 Å². The van der Waals surface area contributed by atoms with E-state index in [0.29, 0.717) is 0 Å². The second-order valence-corrected chi connectivity index (χ2v) is 19.8. The summed E-state index contributed by atoms with van der Waals surface area (Å²) in [4.78, 5) is 92.0. The summed E-state index contributed by atoms with van der Waals surface area (Å²) >= 11 is 10.4. The molecule has 0 aromatic carbocycles. The lowest BCUT2D eigenvalue weighted by molar-refractivity contribution is -0.121. The summed E-state index contributed by atoms with van der Waals surface area (Å²) in [5.41, 5.74) is -0.679. The van der Waals surface area contributed by atoms with Crippen LogP contribution in [0.15, 0.2) is 21.1 Å². The van der Waals surface area contributed by atoms with E-state index in [-0.39, 0.29) is 59.1 Å². The minimum Gasteiger partial charge on any atom is -0.365 e. The zero-order valence-corrected chi connectivity index (χ0v) is 33.4. The van der Waals surface area contributed by atoms with Gasteiger partial charge >= 0.3 is 13.4 Å². The third-order valence-electron chi connectivity index (χ3n) is 9.59. The van der Waals surface area contributed by atoms with E-state index in [9.17, 15) is 29.0 Å². The molecule has 1 amide bonds. The lowest BCUT2D eigenvalue weighted by Crippen LogP contribution is -2.37. The van der Waals surface area contributed by atoms with Gasteiger partial charge in [0.1, 0.15) is 36.3 Å². The van der Waals surface area contributed by atoms with Crippen LogP contribution in [0.2, 0.25) is 0 Å². The number of aromatic nitrogens is 4. The molecule has 0 aliphatic carbocycles. The average Bonchev–Trinajstić information content (AvgIpc) is 3.87. The second kappa shape index (κ2) is 15.7. The van der Waals surface area contributed by atoms with Crippen molar-refractivity contribution in [2.45, 2.75) is 95.5 Å². The van der Waals surface area contributed by atoms with Gasteiger partial charge in [-0.3, -0.25) is 48.1 Å². The minimum atomic E-state index is -4.40. The maximum absolute atomic E-state index is 16.4. The summed E-state index contributed by atoms with van der Waals surface area (Å²) in [6.07, 6.45) is -11.5. The number of hydrogen-bond acceptors (Lipinski definition) is 16. The fourth-order valence-electron chi connectivity index (χ4n) is 6.61. The van der Waals surface area contributed by atoms with Gasteiger partial charge in [0.15, 0.2) is 41.6 Å². The molecule has 5 aliphatic heterocycles. The molecule has 7 rings (SSSR count). The number of carbonyl (C=O) groups is 3. The first-order valence-corrected chi connectivity index (χ1v) is 22.6. The highest BCUT2D eigenvalue weighted by atomic mass is 32.5. The number of rotatable bonds is 7. The first-order chi connectivity index (χ1) is 26.3. The number of aliphatic imine (C=N–C) groups is 2. The molecule has 2 aromatic rings. The number of halogens is 2. The van der Waals surface area contributed by atoms with E-state index in [1.54, 1.807) is 27.7 Å². The first kappa shape index (κ1) is 41.2. The fraction of sp³-hybridized carbons (Fsp3) is 0.613. The number of alkyl halides is 2. The van der Waals surface area contributed by atoms with Crippen LogP contribution in [0.4, 0.5) is 26.2 Å². The average molecular weight is 864 g/mol. The summed E-state index contributed by atoms with van der Waals surface area (Å²) < 4.78 is 68.2. The molecule has 25 heteroatoms. The van der Waals surface area contributed by atoms with Crippen molar-refractivity contribution in [3.63, 3.8) is 0 Å². The van der Waals surface area contributed by atoms with Crippen molar-refractivity contribution >= 4 is 83.9 Å². The summed E-state index contributed by atoms with van der Waals surface area (Å²) in [5, 5.41) is 2.48. The van der Waals surface area contributed by atoms with Crippen molar-refractivity contribution in [3.05, 3.63) is 28.1 Å². The third kappa shape index (κ3) is 8.19. The molecule has 11 atom stereocenters. The Morgan fingerprint density at radius 1 is 1.00 bits per heavy atom. The highest BCUT2D eigenvalue weighted by Gasteiger charge is 2.55. The van der Waals surface area contributed by atoms with Gasteiger partial charge in [-0.15, -0.1) is 0 Å². The Morgan fingerprint density at radius 3 is 2.29 bits per heavy atom. The number of ketones is 2. The molecule has 0 radical (unpaired) electrons. The lowest BCUT2D eigenvalue weighted by atomic mass is 9.95. The van der Waals surface area contributed by atoms with Crippen molar-refractivity contribution in [1.29, 1.82) is 0 Å². The van der Waals surface area contributed by atoms with Gasteiger partial charge < -0.3 is 28.3 Å². The van der Waals surface area contributed by atoms with Gasteiger partial charge in [0.2, 0.25) is 11.9 Å². The number of amides is 1. The molecule has 304 valence electrons. The molecule has 0 saturated carbocycles. The molecule has 56 heavy (non-hydrogen) atoms. The Bertz CT molecular complexity index is 2170. The van der Waals surface area contributed by atoms with Gasteiger partial charge in [-0.25, -0.2) is 23.7 Å². The summed E-state index contributed by atoms with van der Waals surface area (Å²) in [6, 6.07) is 0. The number of ether oxygens (including phenoxy) is 2. The van der Waals surface area contributed by atoms with Crippen molar-refractivity contribution in [3.8, 4) is 0 Å². The number of H-pyrrole nitrogens is 1. The normalized spacial score (nSPS) is 35.6. The predicted molar refractivity (Wildman–Crippen MR) is 199 cm³/mol. The quantitative estimate of drug-likeness (QED) is 0.292. The SMILES string of the molecule is CC(C)C(=O)CC1=Nc2c(ncn2[C@@H]2O[C@@H]3COP(O)(=S)O[C@H]4[C@@H](F)[C@H](C5C=Nc6c5nc(NC(=O)C(C)C)[nH]c6=O)O[C@@H]4COP(O)(=S)O[C@H]3[C@H]2F)C(=O)C1. The Labute approximate surface area is 327 Å². The standard InChI is InChI=1S/C31H37F2N7O12P2S2/c1-11(2)15(41)5-13-6-16(42)22-27(36-13)40(10-35-22)30-20(33)26-18(50-30)9-48-53(45,55)51-25-17(8-47-54(46,56)52-26)49-24(19(25)32)14-7-34-23-21(14)37-31(39-29(23)44)38-28(43)12(3)4/h7,10-12,14,17-20,24-26,30H,5-6,8-9H2,1-4H3,(H,45,55)(H,46,56)(H2,37,38,39,43,44)/t14?,17-,18-,19+,20-,24+,25-,26-,30-,53?,54?/m1/s1. The maximum Gasteiger partial charge on any atom is 0.325 e. The van der Waals surface area contributed by atoms with Gasteiger partial charge in [0.25, 0.3) is 5.56 Å². The highest BCUT2D eigenvalue weighted by molar-refractivity contribution is 8.07. The molecule has 0 bridgehead atoms. The lowest BCUT2D eigenvalue weighted by Gasteiger charge is -2.30. The number of fused-ring (bicyclic) bond motifs is 4. The number of hydrogen-bond donors (Lipinski definition) is 4. The van der Waals surface area contributed by atoms with Crippen LogP contribution in [0.1, 0.15) is 68.9 Å². The molecule has 0 spiro atoms. The van der Waals surface area contributed by atoms with Gasteiger partial charge in [-0.2, -0.15) is 0 Å². The number of anilines is 1. The van der Waals surface area contributed by atoms with Crippen molar-refractivity contribution < 1.29 is 60.5 Å². The molecule has 3 unspecified atom stereocenters. The summed E-state index contributed by atoms with van der Waals surface area (Å²) in [7, 11) is 0. The van der Waals surface area contributed by atoms with Crippen LogP contribution in [0.25, 0.3) is 0 Å². The van der Waals surface area contributed by atoms with E-state index in [4.69, 9.17) is 51.2 Å². The second-order valence-electron chi connectivity index (χ2n) is 14.3. The molecular weight excluding hydrogens is 826 g/mol. The molecule has 19 nitrogen and oxygen atoms in total. The molecule has 3 fully saturated rings. The molecule has 2 aromatic heterocycles. The van der Waals surface area contributed by atoms with Gasteiger partial charge in [0, 0.05) is 30.2 Å². The first-order valence-electron chi connectivity index (χ1n) is 17.4. The molecular formula is C31H37F2N7O12P2S2. The summed E-state index contributed by atoms with van der Waals surface area (Å²) in [6.45, 7) is -3.53. The maximum atomic E-state index is 16.4. The smallest absolute Gasteiger partial charge is 0.325 e. The third-order valence-corrected chi connectivity index (χ3v) is 12.7. The molecule has 3 saturated heterocycles. The van der Waals surface area contributed by atoms with Crippen LogP contribution in [-0.4, -0.2) is 115 Å². The van der Waals surface area contributed by atoms with Crippen LogP contribution in [-0.2, 0) is 60.8 Å². The Hall–Kier alpha value is -2.92.